The van der Waals surface area contributed by atoms with Crippen LogP contribution in [0.2, 0.25) is 0 Å². The average molecular weight is 322 g/mol. The van der Waals surface area contributed by atoms with Gasteiger partial charge in [0.2, 0.25) is 0 Å². The molecule has 1 aromatic carbocycles. The topological polar surface area (TPSA) is 125 Å². The van der Waals surface area contributed by atoms with Crippen molar-refractivity contribution >= 4 is 22.2 Å². The molecule has 0 amide bonds. The summed E-state index contributed by atoms with van der Waals surface area (Å²) in [5.74, 6) is -1.12. The van der Waals surface area contributed by atoms with Gasteiger partial charge in [-0.05, 0) is 25.1 Å². The molecular weight excluding hydrogens is 308 g/mol. The van der Waals surface area contributed by atoms with Crippen LogP contribution >= 0.6 is 0 Å². The molecular formula is C13H14N4O4S. The molecule has 2 aromatic rings. The molecule has 9 heteroatoms. The summed E-state index contributed by atoms with van der Waals surface area (Å²) >= 11 is 0. The molecule has 0 bridgehead atoms. The fourth-order valence-electron chi connectivity index (χ4n) is 1.59. The second kappa shape index (κ2) is 6.39. The highest BCUT2D eigenvalue weighted by molar-refractivity contribution is 7.89. The number of carboxylic acid groups (broad SMARTS) is 1. The second-order valence-electron chi connectivity index (χ2n) is 4.50. The summed E-state index contributed by atoms with van der Waals surface area (Å²) in [6, 6.07) is 7.70. The van der Waals surface area contributed by atoms with Gasteiger partial charge in [-0.15, -0.1) is 0 Å². The maximum Gasteiger partial charge on any atom is 0.353 e. The Balaban J connectivity index is 1.96. The summed E-state index contributed by atoms with van der Waals surface area (Å²) < 4.78 is 23.8. The van der Waals surface area contributed by atoms with Crippen molar-refractivity contribution in [2.75, 3.05) is 0 Å². The summed E-state index contributed by atoms with van der Waals surface area (Å²) in [7, 11) is -3.71. The first-order valence-corrected chi connectivity index (χ1v) is 7.74. The molecule has 1 aromatic heterocycles. The highest BCUT2D eigenvalue weighted by Gasteiger charge is 2.11. The fourth-order valence-corrected chi connectivity index (χ4v) is 2.41. The Labute approximate surface area is 126 Å². The quantitative estimate of drug-likeness (QED) is 0.539. The van der Waals surface area contributed by atoms with E-state index >= 15 is 0 Å². The van der Waals surface area contributed by atoms with Crippen LogP contribution in [0.5, 0.6) is 0 Å². The van der Waals surface area contributed by atoms with Crippen LogP contribution in [0.15, 0.2) is 40.3 Å². The van der Waals surface area contributed by atoms with Gasteiger partial charge in [0.05, 0.1) is 10.6 Å². The number of hydrogen-bond acceptors (Lipinski definition) is 5. The van der Waals surface area contributed by atoms with Crippen molar-refractivity contribution < 1.29 is 18.3 Å². The Bertz CT molecular complexity index is 794. The SMILES string of the molecule is Cc1ccc(S(=O)(=O)NN=CCc2cc(C(=O)O)[nH]n2)cc1. The van der Waals surface area contributed by atoms with Crippen molar-refractivity contribution in [3.8, 4) is 0 Å². The third kappa shape index (κ3) is 3.92. The molecule has 0 spiro atoms. The van der Waals surface area contributed by atoms with E-state index in [-0.39, 0.29) is 17.0 Å². The molecule has 1 heterocycles. The van der Waals surface area contributed by atoms with Gasteiger partial charge in [-0.2, -0.15) is 18.6 Å². The number of nitrogens with one attached hydrogen (secondary N) is 2. The number of H-pyrrole nitrogens is 1. The van der Waals surface area contributed by atoms with Crippen LogP contribution in [0, 0.1) is 6.92 Å². The van der Waals surface area contributed by atoms with E-state index in [1.807, 2.05) is 6.92 Å². The summed E-state index contributed by atoms with van der Waals surface area (Å²) in [6.07, 6.45) is 1.49. The van der Waals surface area contributed by atoms with Crippen LogP contribution in [-0.4, -0.2) is 35.9 Å². The number of benzene rings is 1. The lowest BCUT2D eigenvalue weighted by atomic mass is 10.2. The number of aromatic nitrogens is 2. The Morgan fingerprint density at radius 2 is 2.09 bits per heavy atom. The fraction of sp³-hybridized carbons (Fsp3) is 0.154. The lowest BCUT2D eigenvalue weighted by Gasteiger charge is -2.03. The van der Waals surface area contributed by atoms with E-state index in [2.05, 4.69) is 20.1 Å². The monoisotopic (exact) mass is 322 g/mol. The molecule has 0 fully saturated rings. The molecule has 0 aliphatic heterocycles. The lowest BCUT2D eigenvalue weighted by molar-refractivity contribution is 0.0690. The van der Waals surface area contributed by atoms with Crippen molar-refractivity contribution in [3.05, 3.63) is 47.3 Å². The zero-order valence-corrected chi connectivity index (χ0v) is 12.5. The minimum absolute atomic E-state index is 0.0383. The van der Waals surface area contributed by atoms with Gasteiger partial charge in [-0.3, -0.25) is 5.10 Å². The number of aryl methyl sites for hydroxylation is 1. The van der Waals surface area contributed by atoms with E-state index in [0.29, 0.717) is 5.69 Å². The number of rotatable bonds is 6. The van der Waals surface area contributed by atoms with E-state index in [9.17, 15) is 13.2 Å². The molecule has 2 rings (SSSR count). The highest BCUT2D eigenvalue weighted by Crippen LogP contribution is 2.09. The van der Waals surface area contributed by atoms with Crippen molar-refractivity contribution in [3.63, 3.8) is 0 Å². The Morgan fingerprint density at radius 1 is 1.41 bits per heavy atom. The number of hydrazone groups is 1. The molecule has 22 heavy (non-hydrogen) atoms. The molecule has 0 atom stereocenters. The molecule has 8 nitrogen and oxygen atoms in total. The van der Waals surface area contributed by atoms with Gasteiger partial charge < -0.3 is 5.11 Å². The Kier molecular flexibility index (Phi) is 4.56. The minimum Gasteiger partial charge on any atom is -0.477 e. The van der Waals surface area contributed by atoms with Crippen molar-refractivity contribution in [2.24, 2.45) is 5.10 Å². The van der Waals surface area contributed by atoms with Gasteiger partial charge in [-0.25, -0.2) is 9.63 Å². The first-order valence-electron chi connectivity index (χ1n) is 6.26. The van der Waals surface area contributed by atoms with E-state index in [1.54, 1.807) is 12.1 Å². The van der Waals surface area contributed by atoms with Crippen LogP contribution in [0.25, 0.3) is 0 Å². The third-order valence-electron chi connectivity index (χ3n) is 2.76. The molecule has 0 saturated heterocycles. The van der Waals surface area contributed by atoms with E-state index in [0.717, 1.165) is 5.56 Å². The molecule has 0 aliphatic carbocycles. The molecule has 0 aliphatic rings. The molecule has 3 N–H and O–H groups in total. The van der Waals surface area contributed by atoms with E-state index in [1.165, 1.54) is 24.4 Å². The largest absolute Gasteiger partial charge is 0.477 e. The number of aromatic amines is 1. The Morgan fingerprint density at radius 3 is 2.68 bits per heavy atom. The first-order chi connectivity index (χ1) is 10.4. The molecule has 0 saturated carbocycles. The van der Waals surface area contributed by atoms with Crippen molar-refractivity contribution in [1.29, 1.82) is 0 Å². The van der Waals surface area contributed by atoms with Gasteiger partial charge in [-0.1, -0.05) is 17.7 Å². The van der Waals surface area contributed by atoms with Crippen LogP contribution in [-0.2, 0) is 16.4 Å². The molecule has 0 radical (unpaired) electrons. The first kappa shape index (κ1) is 15.7. The van der Waals surface area contributed by atoms with Gasteiger partial charge in [0, 0.05) is 12.6 Å². The number of aromatic carboxylic acids is 1. The maximum absolute atomic E-state index is 11.9. The minimum atomic E-state index is -3.71. The van der Waals surface area contributed by atoms with Crippen LogP contribution in [0.4, 0.5) is 0 Å². The smallest absolute Gasteiger partial charge is 0.353 e. The Hall–Kier alpha value is -2.68. The van der Waals surface area contributed by atoms with Crippen molar-refractivity contribution in [1.82, 2.24) is 15.0 Å². The standard InChI is InChI=1S/C13H14N4O4S/c1-9-2-4-11(5-3-9)22(20,21)17-14-7-6-10-8-12(13(18)19)16-15-10/h2-5,7-8,17H,6H2,1H3,(H,15,16)(H,18,19). The number of sulfonamides is 1. The summed E-state index contributed by atoms with van der Waals surface area (Å²) in [5, 5.41) is 18.5. The third-order valence-corrected chi connectivity index (χ3v) is 4.00. The zero-order chi connectivity index (χ0) is 16.2. The summed E-state index contributed by atoms with van der Waals surface area (Å²) in [5.41, 5.74) is 1.36. The normalized spacial score (nSPS) is 11.7. The predicted octanol–water partition coefficient (Wildman–Crippen LogP) is 0.923. The molecule has 116 valence electrons. The lowest BCUT2D eigenvalue weighted by Crippen LogP contribution is -2.18. The maximum atomic E-state index is 11.9. The van der Waals surface area contributed by atoms with Gasteiger partial charge in [0.1, 0.15) is 5.69 Å². The number of carboxylic acids is 1. The van der Waals surface area contributed by atoms with E-state index < -0.39 is 16.0 Å². The highest BCUT2D eigenvalue weighted by atomic mass is 32.2. The zero-order valence-electron chi connectivity index (χ0n) is 11.6. The second-order valence-corrected chi connectivity index (χ2v) is 6.16. The van der Waals surface area contributed by atoms with Crippen LogP contribution in [0.1, 0.15) is 21.7 Å². The number of nitrogens with zero attached hydrogens (tertiary/aromatic N) is 2. The van der Waals surface area contributed by atoms with Gasteiger partial charge in [0.15, 0.2) is 0 Å². The number of hydrogen-bond donors (Lipinski definition) is 3. The van der Waals surface area contributed by atoms with Crippen LogP contribution in [0.3, 0.4) is 0 Å². The summed E-state index contributed by atoms with van der Waals surface area (Å²) in [4.78, 5) is 12.9. The summed E-state index contributed by atoms with van der Waals surface area (Å²) in [6.45, 7) is 1.86. The van der Waals surface area contributed by atoms with Gasteiger partial charge >= 0.3 is 5.97 Å². The predicted molar refractivity (Wildman–Crippen MR) is 79.2 cm³/mol. The van der Waals surface area contributed by atoms with Crippen LogP contribution < -0.4 is 4.83 Å². The van der Waals surface area contributed by atoms with Crippen molar-refractivity contribution in [2.45, 2.75) is 18.2 Å². The van der Waals surface area contributed by atoms with Gasteiger partial charge in [0.25, 0.3) is 10.0 Å². The molecule has 0 unspecified atom stereocenters. The van der Waals surface area contributed by atoms with E-state index in [4.69, 9.17) is 5.11 Å². The number of carbonyl (C=O) groups is 1. The average Bonchev–Trinajstić information content (AvgIpc) is 2.93.